The summed E-state index contributed by atoms with van der Waals surface area (Å²) < 4.78 is 39.1. The Morgan fingerprint density at radius 1 is 1.25 bits per heavy atom. The van der Waals surface area contributed by atoms with Crippen molar-refractivity contribution in [2.24, 2.45) is 0 Å². The Bertz CT molecular complexity index is 535. The summed E-state index contributed by atoms with van der Waals surface area (Å²) in [5.41, 5.74) is 0.531. The molecule has 0 radical (unpaired) electrons. The maximum absolute atomic E-state index is 13.4. The Morgan fingerprint density at radius 3 is 2.65 bits per heavy atom. The largest absolute Gasteiger partial charge is 0.348 e. The van der Waals surface area contributed by atoms with Crippen molar-refractivity contribution < 1.29 is 18.0 Å². The van der Waals surface area contributed by atoms with Gasteiger partial charge in [-0.3, -0.25) is 4.79 Å². The van der Waals surface area contributed by atoms with E-state index in [-0.39, 0.29) is 19.0 Å². The molecule has 110 valence electrons. The smallest absolute Gasteiger partial charge is 0.254 e. The van der Waals surface area contributed by atoms with Crippen molar-refractivity contribution in [3.63, 3.8) is 0 Å². The lowest BCUT2D eigenvalue weighted by molar-refractivity contribution is 0.0951. The molecule has 0 aliphatic carbocycles. The molecule has 1 amide bonds. The van der Waals surface area contributed by atoms with Crippen LogP contribution >= 0.6 is 12.4 Å². The average molecular weight is 307 g/mol. The molecule has 0 bridgehead atoms. The maximum Gasteiger partial charge on any atom is 0.254 e. The predicted octanol–water partition coefficient (Wildman–Crippen LogP) is 2.18. The fourth-order valence-corrected chi connectivity index (χ4v) is 1.82. The molecule has 2 rings (SSSR count). The summed E-state index contributed by atoms with van der Waals surface area (Å²) >= 11 is 0. The molecule has 3 nitrogen and oxygen atoms in total. The molecule has 20 heavy (non-hydrogen) atoms. The second-order valence-corrected chi connectivity index (χ2v) is 4.22. The van der Waals surface area contributed by atoms with Crippen LogP contribution < -0.4 is 10.6 Å². The van der Waals surface area contributed by atoms with Crippen LogP contribution in [0.4, 0.5) is 13.2 Å². The lowest BCUT2D eigenvalue weighted by Crippen LogP contribution is -2.30. The van der Waals surface area contributed by atoms with Gasteiger partial charge in [0.25, 0.3) is 5.91 Å². The first-order valence-corrected chi connectivity index (χ1v) is 5.90. The molecule has 1 heterocycles. The quantitative estimate of drug-likeness (QED) is 0.664. The highest BCUT2D eigenvalue weighted by atomic mass is 35.5. The van der Waals surface area contributed by atoms with Crippen LogP contribution in [-0.2, 0) is 0 Å². The van der Waals surface area contributed by atoms with Gasteiger partial charge in [0.2, 0.25) is 0 Å². The Balaban J connectivity index is 0.00000200. The number of nitrogens with one attached hydrogen (secondary N) is 2. The highest BCUT2D eigenvalue weighted by Crippen LogP contribution is 2.15. The first-order valence-electron chi connectivity index (χ1n) is 5.90. The van der Waals surface area contributed by atoms with Crippen LogP contribution in [0.5, 0.6) is 0 Å². The third-order valence-corrected chi connectivity index (χ3v) is 2.91. The molecule has 0 fully saturated rings. The lowest BCUT2D eigenvalue weighted by atomic mass is 10.1. The zero-order valence-corrected chi connectivity index (χ0v) is 11.3. The third kappa shape index (κ3) is 3.74. The number of rotatable bonds is 3. The van der Waals surface area contributed by atoms with Gasteiger partial charge in [0.15, 0.2) is 17.5 Å². The van der Waals surface area contributed by atoms with Gasteiger partial charge in [-0.25, -0.2) is 13.2 Å². The van der Waals surface area contributed by atoms with Crippen molar-refractivity contribution in [2.75, 3.05) is 19.6 Å². The second kappa shape index (κ2) is 7.31. The van der Waals surface area contributed by atoms with E-state index in [2.05, 4.69) is 10.6 Å². The van der Waals surface area contributed by atoms with Crippen LogP contribution in [-0.4, -0.2) is 25.5 Å². The number of hydrogen-bond acceptors (Lipinski definition) is 2. The fraction of sp³-hybridized carbons (Fsp3) is 0.308. The monoisotopic (exact) mass is 306 g/mol. The van der Waals surface area contributed by atoms with Gasteiger partial charge in [0.05, 0.1) is 5.56 Å². The summed E-state index contributed by atoms with van der Waals surface area (Å²) in [5, 5.41) is 5.61. The summed E-state index contributed by atoms with van der Waals surface area (Å²) in [5.74, 6) is -5.16. The van der Waals surface area contributed by atoms with Crippen molar-refractivity contribution in [1.29, 1.82) is 0 Å². The Kier molecular flexibility index (Phi) is 6.04. The number of benzene rings is 1. The molecule has 0 aromatic heterocycles. The first-order chi connectivity index (χ1) is 9.09. The van der Waals surface area contributed by atoms with Crippen LogP contribution in [0.15, 0.2) is 23.8 Å². The van der Waals surface area contributed by atoms with Crippen molar-refractivity contribution in [3.05, 3.63) is 46.8 Å². The molecular weight excluding hydrogens is 293 g/mol. The van der Waals surface area contributed by atoms with Crippen LogP contribution in [0.1, 0.15) is 16.8 Å². The van der Waals surface area contributed by atoms with Gasteiger partial charge in [-0.05, 0) is 25.1 Å². The van der Waals surface area contributed by atoms with Crippen molar-refractivity contribution >= 4 is 18.3 Å². The molecule has 1 aliphatic heterocycles. The van der Waals surface area contributed by atoms with Crippen molar-refractivity contribution in [3.8, 4) is 0 Å². The van der Waals surface area contributed by atoms with E-state index >= 15 is 0 Å². The van der Waals surface area contributed by atoms with Gasteiger partial charge in [0.1, 0.15) is 0 Å². The van der Waals surface area contributed by atoms with Crippen LogP contribution in [0.3, 0.4) is 0 Å². The Hall–Kier alpha value is -1.53. The summed E-state index contributed by atoms with van der Waals surface area (Å²) in [7, 11) is 0. The van der Waals surface area contributed by atoms with E-state index in [9.17, 15) is 18.0 Å². The summed E-state index contributed by atoms with van der Waals surface area (Å²) in [6.45, 7) is 1.82. The van der Waals surface area contributed by atoms with Crippen molar-refractivity contribution in [2.45, 2.75) is 6.42 Å². The molecule has 0 saturated carbocycles. The standard InChI is InChI=1S/C13H13F3N2O.ClH/c14-10-2-1-9(11(15)12(10)16)13(19)18-7-8-3-5-17-6-4-8;/h1-3,17H,4-7H2,(H,18,19);1H. The molecule has 1 aromatic carbocycles. The minimum Gasteiger partial charge on any atom is -0.348 e. The molecular formula is C13H14ClF3N2O. The van der Waals surface area contributed by atoms with Gasteiger partial charge in [0, 0.05) is 13.1 Å². The van der Waals surface area contributed by atoms with E-state index in [0.717, 1.165) is 37.2 Å². The number of halogens is 4. The number of amides is 1. The molecule has 1 aliphatic rings. The number of carbonyl (C=O) groups excluding carboxylic acids is 1. The van der Waals surface area contributed by atoms with E-state index in [0.29, 0.717) is 0 Å². The van der Waals surface area contributed by atoms with E-state index < -0.39 is 28.9 Å². The minimum atomic E-state index is -1.63. The first kappa shape index (κ1) is 16.5. The highest BCUT2D eigenvalue weighted by Gasteiger charge is 2.18. The summed E-state index contributed by atoms with van der Waals surface area (Å²) in [6.07, 6.45) is 2.73. The number of carbonyl (C=O) groups is 1. The molecule has 7 heteroatoms. The van der Waals surface area contributed by atoms with Gasteiger partial charge < -0.3 is 10.6 Å². The minimum absolute atomic E-state index is 0. The normalized spacial score (nSPS) is 14.2. The van der Waals surface area contributed by atoms with E-state index in [1.165, 1.54) is 0 Å². The Morgan fingerprint density at radius 2 is 2.00 bits per heavy atom. The fourth-order valence-electron chi connectivity index (χ4n) is 1.82. The zero-order valence-electron chi connectivity index (χ0n) is 10.5. The lowest BCUT2D eigenvalue weighted by Gasteiger charge is -2.14. The SMILES string of the molecule is Cl.O=C(NCC1=CCNCC1)c1ccc(F)c(F)c1F. The van der Waals surface area contributed by atoms with Crippen LogP contribution in [0, 0.1) is 17.5 Å². The molecule has 0 spiro atoms. The van der Waals surface area contributed by atoms with Gasteiger partial charge in [-0.15, -0.1) is 12.4 Å². The van der Waals surface area contributed by atoms with Gasteiger partial charge in [-0.2, -0.15) is 0 Å². The maximum atomic E-state index is 13.4. The summed E-state index contributed by atoms with van der Waals surface area (Å²) in [4.78, 5) is 11.7. The Labute approximate surface area is 120 Å². The highest BCUT2D eigenvalue weighted by molar-refractivity contribution is 5.94. The molecule has 0 atom stereocenters. The van der Waals surface area contributed by atoms with Crippen LogP contribution in [0.2, 0.25) is 0 Å². The van der Waals surface area contributed by atoms with E-state index in [1.54, 1.807) is 0 Å². The topological polar surface area (TPSA) is 41.1 Å². The van der Waals surface area contributed by atoms with E-state index in [1.807, 2.05) is 6.08 Å². The predicted molar refractivity (Wildman–Crippen MR) is 71.5 cm³/mol. The number of hydrogen-bond donors (Lipinski definition) is 2. The van der Waals surface area contributed by atoms with Gasteiger partial charge >= 0.3 is 0 Å². The molecule has 0 saturated heterocycles. The molecule has 1 aromatic rings. The zero-order chi connectivity index (χ0) is 13.8. The molecule has 2 N–H and O–H groups in total. The molecule has 0 unspecified atom stereocenters. The van der Waals surface area contributed by atoms with Crippen LogP contribution in [0.25, 0.3) is 0 Å². The third-order valence-electron chi connectivity index (χ3n) is 2.91. The average Bonchev–Trinajstić information content (AvgIpc) is 2.43. The van der Waals surface area contributed by atoms with Gasteiger partial charge in [-0.1, -0.05) is 11.6 Å². The van der Waals surface area contributed by atoms with E-state index in [4.69, 9.17) is 0 Å². The summed E-state index contributed by atoms with van der Waals surface area (Å²) in [6, 6.07) is 1.66. The second-order valence-electron chi connectivity index (χ2n) is 4.22. The van der Waals surface area contributed by atoms with Crippen molar-refractivity contribution in [1.82, 2.24) is 10.6 Å².